The SMILES string of the molecule is C[C@H](C(=O)N(C)CC(=O)NCCNc1ccc(C(F)(F)F)cn1)n1cccn1. The van der Waals surface area contributed by atoms with Gasteiger partial charge in [0.15, 0.2) is 0 Å². The molecular formula is C17H21F3N6O2. The highest BCUT2D eigenvalue weighted by molar-refractivity contribution is 5.86. The molecule has 1 atom stereocenters. The lowest BCUT2D eigenvalue weighted by Crippen LogP contribution is -2.42. The Bertz CT molecular complexity index is 777. The molecule has 8 nitrogen and oxygen atoms in total. The van der Waals surface area contributed by atoms with Crippen LogP contribution in [-0.2, 0) is 15.8 Å². The van der Waals surface area contributed by atoms with E-state index < -0.39 is 17.8 Å². The fourth-order valence-corrected chi connectivity index (χ4v) is 2.35. The molecule has 152 valence electrons. The number of nitrogens with zero attached hydrogens (tertiary/aromatic N) is 4. The van der Waals surface area contributed by atoms with Crippen molar-refractivity contribution in [3.8, 4) is 0 Å². The smallest absolute Gasteiger partial charge is 0.368 e. The molecule has 2 N–H and O–H groups in total. The third-order valence-electron chi connectivity index (χ3n) is 3.88. The Labute approximate surface area is 159 Å². The van der Waals surface area contributed by atoms with Gasteiger partial charge in [0.2, 0.25) is 11.8 Å². The molecule has 0 radical (unpaired) electrons. The summed E-state index contributed by atoms with van der Waals surface area (Å²) in [7, 11) is 1.52. The molecule has 2 aromatic rings. The van der Waals surface area contributed by atoms with Crippen molar-refractivity contribution in [2.45, 2.75) is 19.1 Å². The van der Waals surface area contributed by atoms with Gasteiger partial charge in [-0.25, -0.2) is 4.98 Å². The summed E-state index contributed by atoms with van der Waals surface area (Å²) < 4.78 is 38.9. The van der Waals surface area contributed by atoms with Crippen molar-refractivity contribution < 1.29 is 22.8 Å². The van der Waals surface area contributed by atoms with E-state index in [1.165, 1.54) is 22.7 Å². The van der Waals surface area contributed by atoms with Gasteiger partial charge in [0.05, 0.1) is 12.1 Å². The van der Waals surface area contributed by atoms with E-state index >= 15 is 0 Å². The number of amides is 2. The zero-order valence-corrected chi connectivity index (χ0v) is 15.4. The number of aromatic nitrogens is 3. The molecular weight excluding hydrogens is 377 g/mol. The number of hydrogen-bond acceptors (Lipinski definition) is 5. The molecule has 2 amide bonds. The highest BCUT2D eigenvalue weighted by atomic mass is 19.4. The Balaban J connectivity index is 1.70. The fourth-order valence-electron chi connectivity index (χ4n) is 2.35. The minimum Gasteiger partial charge on any atom is -0.368 e. The first-order valence-electron chi connectivity index (χ1n) is 8.46. The van der Waals surface area contributed by atoms with E-state index in [-0.39, 0.29) is 37.3 Å². The molecule has 0 aliphatic carbocycles. The van der Waals surface area contributed by atoms with Crippen molar-refractivity contribution in [2.24, 2.45) is 0 Å². The van der Waals surface area contributed by atoms with Crippen LogP contribution < -0.4 is 10.6 Å². The maximum absolute atomic E-state index is 12.5. The predicted octanol–water partition coefficient (Wildman–Crippen LogP) is 1.54. The van der Waals surface area contributed by atoms with E-state index in [0.717, 1.165) is 12.3 Å². The lowest BCUT2D eigenvalue weighted by molar-refractivity contribution is -0.138. The van der Waals surface area contributed by atoms with E-state index in [1.54, 1.807) is 25.4 Å². The molecule has 0 fully saturated rings. The average molecular weight is 398 g/mol. The molecule has 0 saturated heterocycles. The number of hydrogen-bond donors (Lipinski definition) is 2. The molecule has 0 aromatic carbocycles. The van der Waals surface area contributed by atoms with E-state index in [0.29, 0.717) is 0 Å². The number of carbonyl (C=O) groups excluding carboxylic acids is 2. The van der Waals surface area contributed by atoms with Gasteiger partial charge in [-0.05, 0) is 25.1 Å². The number of nitrogens with one attached hydrogen (secondary N) is 2. The van der Waals surface area contributed by atoms with Crippen LogP contribution in [0.15, 0.2) is 36.8 Å². The summed E-state index contributed by atoms with van der Waals surface area (Å²) >= 11 is 0. The first kappa shape index (κ1) is 21.2. The zero-order valence-electron chi connectivity index (χ0n) is 15.4. The Morgan fingerprint density at radius 1 is 1.29 bits per heavy atom. The summed E-state index contributed by atoms with van der Waals surface area (Å²) in [6.45, 7) is 2.05. The first-order valence-corrected chi connectivity index (χ1v) is 8.46. The van der Waals surface area contributed by atoms with Crippen LogP contribution in [0.25, 0.3) is 0 Å². The summed E-state index contributed by atoms with van der Waals surface area (Å²) in [5.74, 6) is -0.348. The van der Waals surface area contributed by atoms with Crippen molar-refractivity contribution >= 4 is 17.6 Å². The molecule has 0 aliphatic heterocycles. The van der Waals surface area contributed by atoms with Crippen LogP contribution in [0.1, 0.15) is 18.5 Å². The molecule has 0 unspecified atom stereocenters. The standard InChI is InChI=1S/C17H21F3N6O2/c1-12(26-9-3-6-24-26)16(28)25(2)11-15(27)22-8-7-21-14-5-4-13(10-23-14)17(18,19)20/h3-6,9-10,12H,7-8,11H2,1-2H3,(H,21,23)(H,22,27)/t12-/m1/s1. The Morgan fingerprint density at radius 2 is 2.04 bits per heavy atom. The first-order chi connectivity index (χ1) is 13.2. The van der Waals surface area contributed by atoms with Gasteiger partial charge < -0.3 is 15.5 Å². The van der Waals surface area contributed by atoms with Gasteiger partial charge in [-0.2, -0.15) is 18.3 Å². The van der Waals surface area contributed by atoms with Crippen LogP contribution in [0, 0.1) is 0 Å². The van der Waals surface area contributed by atoms with Gasteiger partial charge in [-0.1, -0.05) is 0 Å². The Hall–Kier alpha value is -3.11. The number of likely N-dealkylation sites (N-methyl/N-ethyl adjacent to an activating group) is 1. The Kier molecular flexibility index (Phi) is 6.96. The van der Waals surface area contributed by atoms with Crippen molar-refractivity contribution in [2.75, 3.05) is 32.0 Å². The summed E-state index contributed by atoms with van der Waals surface area (Å²) in [5, 5.41) is 9.43. The van der Waals surface area contributed by atoms with E-state index in [4.69, 9.17) is 0 Å². The molecule has 11 heteroatoms. The van der Waals surface area contributed by atoms with Gasteiger partial charge >= 0.3 is 6.18 Å². The topological polar surface area (TPSA) is 92.2 Å². The lowest BCUT2D eigenvalue weighted by atomic mass is 10.3. The number of anilines is 1. The van der Waals surface area contributed by atoms with Crippen LogP contribution in [0.5, 0.6) is 0 Å². The summed E-state index contributed by atoms with van der Waals surface area (Å²) in [4.78, 5) is 29.2. The molecule has 2 rings (SSSR count). The van der Waals surface area contributed by atoms with Crippen molar-refractivity contribution in [3.63, 3.8) is 0 Å². The van der Waals surface area contributed by atoms with Crippen LogP contribution in [0.3, 0.4) is 0 Å². The fraction of sp³-hybridized carbons (Fsp3) is 0.412. The van der Waals surface area contributed by atoms with E-state index in [2.05, 4.69) is 20.7 Å². The maximum Gasteiger partial charge on any atom is 0.417 e. The minimum absolute atomic E-state index is 0.122. The number of pyridine rings is 1. The summed E-state index contributed by atoms with van der Waals surface area (Å²) in [5.41, 5.74) is -0.830. The van der Waals surface area contributed by atoms with Crippen LogP contribution >= 0.6 is 0 Å². The van der Waals surface area contributed by atoms with Gasteiger partial charge in [0, 0.05) is 38.7 Å². The normalized spacial score (nSPS) is 12.3. The molecule has 0 saturated carbocycles. The highest BCUT2D eigenvalue weighted by Gasteiger charge is 2.30. The van der Waals surface area contributed by atoms with Crippen LogP contribution in [-0.4, -0.2) is 58.2 Å². The van der Waals surface area contributed by atoms with E-state index in [9.17, 15) is 22.8 Å². The molecule has 0 aliphatic rings. The quantitative estimate of drug-likeness (QED) is 0.659. The highest BCUT2D eigenvalue weighted by Crippen LogP contribution is 2.28. The van der Waals surface area contributed by atoms with Gasteiger partial charge in [-0.15, -0.1) is 0 Å². The minimum atomic E-state index is -4.43. The predicted molar refractivity (Wildman–Crippen MR) is 95.3 cm³/mol. The molecule has 28 heavy (non-hydrogen) atoms. The monoisotopic (exact) mass is 398 g/mol. The zero-order chi connectivity index (χ0) is 20.7. The van der Waals surface area contributed by atoms with Gasteiger partial charge in [-0.3, -0.25) is 14.3 Å². The maximum atomic E-state index is 12.5. The van der Waals surface area contributed by atoms with Gasteiger partial charge in [0.25, 0.3) is 0 Å². The molecule has 2 heterocycles. The molecule has 2 aromatic heterocycles. The summed E-state index contributed by atoms with van der Waals surface area (Å²) in [6, 6.07) is 3.32. The third-order valence-corrected chi connectivity index (χ3v) is 3.88. The van der Waals surface area contributed by atoms with E-state index in [1.807, 2.05) is 0 Å². The van der Waals surface area contributed by atoms with Crippen molar-refractivity contribution in [1.82, 2.24) is 25.0 Å². The van der Waals surface area contributed by atoms with Crippen LogP contribution in [0.4, 0.5) is 19.0 Å². The molecule has 0 spiro atoms. The Morgan fingerprint density at radius 3 is 2.61 bits per heavy atom. The number of alkyl halides is 3. The molecule has 0 bridgehead atoms. The van der Waals surface area contributed by atoms with Crippen molar-refractivity contribution in [1.29, 1.82) is 0 Å². The second-order valence-corrected chi connectivity index (χ2v) is 6.06. The average Bonchev–Trinajstić information content (AvgIpc) is 3.18. The third kappa shape index (κ3) is 5.96. The van der Waals surface area contributed by atoms with Crippen LogP contribution in [0.2, 0.25) is 0 Å². The number of halogens is 3. The largest absolute Gasteiger partial charge is 0.417 e. The second kappa shape index (κ2) is 9.20. The lowest BCUT2D eigenvalue weighted by Gasteiger charge is -2.21. The summed E-state index contributed by atoms with van der Waals surface area (Å²) in [6.07, 6.45) is -0.466. The second-order valence-electron chi connectivity index (χ2n) is 6.06. The van der Waals surface area contributed by atoms with Gasteiger partial charge in [0.1, 0.15) is 11.9 Å². The van der Waals surface area contributed by atoms with Crippen molar-refractivity contribution in [3.05, 3.63) is 42.4 Å². The number of carbonyl (C=O) groups is 2. The number of rotatable bonds is 8.